The van der Waals surface area contributed by atoms with E-state index < -0.39 is 0 Å². The molecule has 36 heavy (non-hydrogen) atoms. The summed E-state index contributed by atoms with van der Waals surface area (Å²) < 4.78 is 8.38. The number of hydrogen-bond donors (Lipinski definition) is 2. The molecule has 4 aromatic rings. The van der Waals surface area contributed by atoms with Gasteiger partial charge in [-0.3, -0.25) is 0 Å². The van der Waals surface area contributed by atoms with Crippen LogP contribution in [-0.4, -0.2) is 19.3 Å². The van der Waals surface area contributed by atoms with Crippen LogP contribution < -0.4 is 9.13 Å². The molecule has 0 radical (unpaired) electrons. The first kappa shape index (κ1) is 24.2. The number of imidazole rings is 2. The molecule has 0 fully saturated rings. The number of fused-ring (bicyclic) bond motifs is 8. The summed E-state index contributed by atoms with van der Waals surface area (Å²) in [7, 11) is 0. The molecule has 0 aliphatic carbocycles. The number of phenols is 2. The maximum atomic E-state index is 11.4. The van der Waals surface area contributed by atoms with Crippen molar-refractivity contribution in [3.63, 3.8) is 0 Å². The number of nitrogens with zero attached hydrogens (tertiary/aromatic N) is 4. The van der Waals surface area contributed by atoms with Gasteiger partial charge in [0.1, 0.15) is 62.5 Å². The highest BCUT2D eigenvalue weighted by Gasteiger charge is 2.27. The lowest BCUT2D eigenvalue weighted by Gasteiger charge is -2.24. The number of phenolic OH excluding ortho intramolecular Hbond substituents is 2. The van der Waals surface area contributed by atoms with Crippen molar-refractivity contribution in [2.45, 2.75) is 78.6 Å². The Morgan fingerprint density at radius 2 is 1.03 bits per heavy atom. The van der Waals surface area contributed by atoms with E-state index in [0.29, 0.717) is 37.7 Å². The Balaban J connectivity index is 1.67. The summed E-state index contributed by atoms with van der Waals surface area (Å²) in [6.07, 6.45) is 12.2. The first-order chi connectivity index (χ1) is 16.9. The van der Waals surface area contributed by atoms with Crippen LogP contribution in [0.2, 0.25) is 0 Å². The standard InChI is InChI=1S/C30H36N4O2/c1-29(2,3)25-9-7-21-15-31-12-14-34(20-31)18-24-26(30(4,5)6)10-8-22(28(24)36)16-32-11-13-33(19-32)17-23(25)27(21)35/h7-14,19-20H,15-18H2,1-6H3/p+2. The molecular weight excluding hydrogens is 448 g/mol. The van der Waals surface area contributed by atoms with Gasteiger partial charge in [-0.05, 0) is 22.0 Å². The van der Waals surface area contributed by atoms with Crippen LogP contribution in [0.1, 0.15) is 74.9 Å². The zero-order valence-corrected chi connectivity index (χ0v) is 22.3. The minimum absolute atomic E-state index is 0.0945. The summed E-state index contributed by atoms with van der Waals surface area (Å²) in [4.78, 5) is 0. The molecule has 0 unspecified atom stereocenters. The highest BCUT2D eigenvalue weighted by atomic mass is 16.3. The molecule has 3 heterocycles. The monoisotopic (exact) mass is 486 g/mol. The normalized spacial score (nSPS) is 14.2. The lowest BCUT2D eigenvalue weighted by atomic mass is 9.82. The van der Waals surface area contributed by atoms with E-state index in [4.69, 9.17) is 0 Å². The molecule has 2 aromatic heterocycles. The van der Waals surface area contributed by atoms with Gasteiger partial charge in [0.05, 0.1) is 0 Å². The molecule has 6 heteroatoms. The average molecular weight is 487 g/mol. The van der Waals surface area contributed by atoms with Gasteiger partial charge >= 0.3 is 0 Å². The Bertz CT molecular complexity index is 1320. The molecule has 0 atom stereocenters. The van der Waals surface area contributed by atoms with Crippen molar-refractivity contribution in [1.29, 1.82) is 0 Å². The van der Waals surface area contributed by atoms with Gasteiger partial charge in [0, 0.05) is 22.3 Å². The van der Waals surface area contributed by atoms with Crippen molar-refractivity contribution in [3.8, 4) is 11.5 Å². The van der Waals surface area contributed by atoms with Gasteiger partial charge < -0.3 is 10.2 Å². The summed E-state index contributed by atoms with van der Waals surface area (Å²) in [6, 6.07) is 8.44. The molecule has 6 nitrogen and oxygen atoms in total. The summed E-state index contributed by atoms with van der Waals surface area (Å²) in [5, 5.41) is 22.9. The van der Waals surface area contributed by atoms with Crippen molar-refractivity contribution in [3.05, 3.63) is 95.1 Å². The molecule has 5 rings (SSSR count). The fourth-order valence-electron chi connectivity index (χ4n) is 5.36. The Morgan fingerprint density at radius 3 is 1.39 bits per heavy atom. The first-order valence-corrected chi connectivity index (χ1v) is 12.7. The predicted octanol–water partition coefficient (Wildman–Crippen LogP) is 4.38. The van der Waals surface area contributed by atoms with Crippen molar-refractivity contribution < 1.29 is 19.3 Å². The number of rotatable bonds is 0. The van der Waals surface area contributed by atoms with Gasteiger partial charge in [-0.1, -0.05) is 65.8 Å². The van der Waals surface area contributed by atoms with E-state index >= 15 is 0 Å². The fourth-order valence-corrected chi connectivity index (χ4v) is 5.36. The Hall–Kier alpha value is -3.54. The zero-order valence-electron chi connectivity index (χ0n) is 22.3. The maximum absolute atomic E-state index is 11.4. The van der Waals surface area contributed by atoms with E-state index in [0.717, 1.165) is 33.4 Å². The van der Waals surface area contributed by atoms with Crippen LogP contribution in [0.3, 0.4) is 0 Å². The third-order valence-electron chi connectivity index (χ3n) is 7.23. The summed E-state index contributed by atoms with van der Waals surface area (Å²) >= 11 is 0. The van der Waals surface area contributed by atoms with Crippen LogP contribution in [0.5, 0.6) is 11.5 Å². The van der Waals surface area contributed by atoms with Crippen molar-refractivity contribution in [2.75, 3.05) is 0 Å². The fraction of sp³-hybridized carbons (Fsp3) is 0.400. The van der Waals surface area contributed by atoms with E-state index in [2.05, 4.69) is 84.1 Å². The third-order valence-corrected chi connectivity index (χ3v) is 7.23. The molecular formula is C30H38N4O2+2. The largest absolute Gasteiger partial charge is 0.507 e. The molecule has 2 N–H and O–H groups in total. The third kappa shape index (κ3) is 4.52. The van der Waals surface area contributed by atoms with Gasteiger partial charge in [-0.25, -0.2) is 18.3 Å². The second kappa shape index (κ2) is 8.54. The van der Waals surface area contributed by atoms with Crippen LogP contribution in [-0.2, 0) is 37.0 Å². The van der Waals surface area contributed by atoms with Crippen LogP contribution in [0, 0.1) is 0 Å². The number of aromatic nitrogens is 4. The Labute approximate surface area is 213 Å². The maximum Gasteiger partial charge on any atom is 0.244 e. The van der Waals surface area contributed by atoms with Gasteiger partial charge in [0.25, 0.3) is 0 Å². The topological polar surface area (TPSA) is 58.1 Å². The molecule has 1 aliphatic rings. The highest BCUT2D eigenvalue weighted by Crippen LogP contribution is 2.36. The summed E-state index contributed by atoms with van der Waals surface area (Å²) in [5.74, 6) is 0.737. The minimum atomic E-state index is -0.0945. The van der Waals surface area contributed by atoms with Gasteiger partial charge in [-0.2, -0.15) is 0 Å². The lowest BCUT2D eigenvalue weighted by Crippen LogP contribution is -2.33. The van der Waals surface area contributed by atoms with Crippen LogP contribution in [0.4, 0.5) is 0 Å². The van der Waals surface area contributed by atoms with Crippen LogP contribution >= 0.6 is 0 Å². The SMILES string of the molecule is CC(C)(C)c1ccc2c(O)c1Cn1cc[n+](c1)Cc1ccc(C(C)(C)C)c(c1O)Cn1cc[n+](c1)C2. The first-order valence-electron chi connectivity index (χ1n) is 12.7. The Morgan fingerprint density at radius 1 is 0.639 bits per heavy atom. The smallest absolute Gasteiger partial charge is 0.244 e. The molecule has 0 saturated heterocycles. The molecule has 2 aromatic carbocycles. The molecule has 1 aliphatic heterocycles. The average Bonchev–Trinajstić information content (AvgIpc) is 3.41. The second-order valence-corrected chi connectivity index (χ2v) is 12.2. The number of hydrogen-bond acceptors (Lipinski definition) is 2. The van der Waals surface area contributed by atoms with Crippen molar-refractivity contribution in [2.24, 2.45) is 0 Å². The van der Waals surface area contributed by atoms with Crippen LogP contribution in [0.25, 0.3) is 0 Å². The molecule has 0 spiro atoms. The van der Waals surface area contributed by atoms with Crippen LogP contribution in [0.15, 0.2) is 61.7 Å². The van der Waals surface area contributed by atoms with Gasteiger partial charge in [0.15, 0.2) is 0 Å². The predicted molar refractivity (Wildman–Crippen MR) is 139 cm³/mol. The highest BCUT2D eigenvalue weighted by molar-refractivity contribution is 5.49. The van der Waals surface area contributed by atoms with E-state index in [1.807, 2.05) is 37.4 Å². The second-order valence-electron chi connectivity index (χ2n) is 12.2. The minimum Gasteiger partial charge on any atom is -0.507 e. The number of benzene rings is 2. The summed E-state index contributed by atoms with van der Waals surface area (Å²) in [5.41, 5.74) is 5.80. The lowest BCUT2D eigenvalue weighted by molar-refractivity contribution is -0.687. The van der Waals surface area contributed by atoms with E-state index in [1.54, 1.807) is 0 Å². The van der Waals surface area contributed by atoms with Gasteiger partial charge in [-0.15, -0.1) is 0 Å². The molecule has 8 bridgehead atoms. The van der Waals surface area contributed by atoms with Crippen molar-refractivity contribution >= 4 is 0 Å². The van der Waals surface area contributed by atoms with Gasteiger partial charge in [0.2, 0.25) is 12.7 Å². The molecule has 0 amide bonds. The number of aromatic hydroxyl groups is 2. The van der Waals surface area contributed by atoms with Crippen molar-refractivity contribution in [1.82, 2.24) is 9.13 Å². The molecule has 188 valence electrons. The van der Waals surface area contributed by atoms with E-state index in [1.165, 1.54) is 0 Å². The zero-order chi connectivity index (χ0) is 25.8. The molecule has 0 saturated carbocycles. The Kier molecular flexibility index (Phi) is 5.73. The quantitative estimate of drug-likeness (QED) is 0.319. The summed E-state index contributed by atoms with van der Waals surface area (Å²) in [6.45, 7) is 15.4. The van der Waals surface area contributed by atoms with E-state index in [-0.39, 0.29) is 10.8 Å². The van der Waals surface area contributed by atoms with E-state index in [9.17, 15) is 10.2 Å².